The van der Waals surface area contributed by atoms with Crippen LogP contribution in [0.2, 0.25) is 5.02 Å². The quantitative estimate of drug-likeness (QED) is 0.632. The van der Waals surface area contributed by atoms with E-state index in [1.165, 1.54) is 5.39 Å². The molecule has 1 heterocycles. The van der Waals surface area contributed by atoms with Gasteiger partial charge in [0.05, 0.1) is 0 Å². The molecule has 2 aromatic carbocycles. The molecule has 3 rings (SSSR count). The molecule has 0 aliphatic heterocycles. The van der Waals surface area contributed by atoms with E-state index < -0.39 is 0 Å². The van der Waals surface area contributed by atoms with E-state index >= 15 is 0 Å². The Kier molecular flexibility index (Phi) is 2.69. The second kappa shape index (κ2) is 4.21. The first-order valence-corrected chi connectivity index (χ1v) is 6.44. The molecule has 0 aliphatic rings. The Bertz CT molecular complexity index is 688. The summed E-state index contributed by atoms with van der Waals surface area (Å²) in [7, 11) is 0. The summed E-state index contributed by atoms with van der Waals surface area (Å²) in [6.45, 7) is 0. The first-order valence-electron chi connectivity index (χ1n) is 5.27. The summed E-state index contributed by atoms with van der Waals surface area (Å²) in [6.07, 6.45) is 0. The number of aromatic nitrogens is 1. The number of hydrogen-bond acceptors (Lipinski definition) is 0. The van der Waals surface area contributed by atoms with Crippen LogP contribution in [0.15, 0.2) is 53.0 Å². The highest BCUT2D eigenvalue weighted by Crippen LogP contribution is 2.30. The van der Waals surface area contributed by atoms with Gasteiger partial charge in [-0.1, -0.05) is 51.8 Å². The number of H-pyrrole nitrogens is 1. The molecule has 1 nitrogen and oxygen atoms in total. The molecule has 3 aromatic rings. The first-order chi connectivity index (χ1) is 8.24. The van der Waals surface area contributed by atoms with Crippen molar-refractivity contribution < 1.29 is 0 Å². The monoisotopic (exact) mass is 305 g/mol. The summed E-state index contributed by atoms with van der Waals surface area (Å²) in [6, 6.07) is 16.1. The first kappa shape index (κ1) is 10.9. The fraction of sp³-hybridized carbons (Fsp3) is 0. The van der Waals surface area contributed by atoms with Gasteiger partial charge in [-0.15, -0.1) is 0 Å². The molecule has 1 aromatic heterocycles. The van der Waals surface area contributed by atoms with Gasteiger partial charge < -0.3 is 4.98 Å². The van der Waals surface area contributed by atoms with Crippen molar-refractivity contribution in [2.45, 2.75) is 0 Å². The van der Waals surface area contributed by atoms with Gasteiger partial charge in [0.25, 0.3) is 0 Å². The van der Waals surface area contributed by atoms with Crippen molar-refractivity contribution in [2.24, 2.45) is 0 Å². The molecule has 84 valence electrons. The molecule has 0 bridgehead atoms. The summed E-state index contributed by atoms with van der Waals surface area (Å²) in [4.78, 5) is 3.38. The van der Waals surface area contributed by atoms with Crippen LogP contribution < -0.4 is 0 Å². The third kappa shape index (κ3) is 1.99. The van der Waals surface area contributed by atoms with E-state index in [2.05, 4.69) is 33.0 Å². The van der Waals surface area contributed by atoms with Crippen molar-refractivity contribution in [1.29, 1.82) is 0 Å². The van der Waals surface area contributed by atoms with Crippen LogP contribution in [-0.4, -0.2) is 4.98 Å². The highest BCUT2D eigenvalue weighted by molar-refractivity contribution is 9.10. The lowest BCUT2D eigenvalue weighted by atomic mass is 10.1. The summed E-state index contributed by atoms with van der Waals surface area (Å²) in [5.74, 6) is 0. The van der Waals surface area contributed by atoms with Gasteiger partial charge in [0.15, 0.2) is 0 Å². The number of rotatable bonds is 1. The predicted octanol–water partition coefficient (Wildman–Crippen LogP) is 5.25. The lowest BCUT2D eigenvalue weighted by Crippen LogP contribution is -1.78. The minimum atomic E-state index is 0.748. The van der Waals surface area contributed by atoms with Crippen molar-refractivity contribution in [3.63, 3.8) is 0 Å². The highest BCUT2D eigenvalue weighted by atomic mass is 79.9. The number of halogens is 2. The third-order valence-corrected chi connectivity index (χ3v) is 3.68. The summed E-state index contributed by atoms with van der Waals surface area (Å²) in [5, 5.41) is 1.91. The average Bonchev–Trinajstić information content (AvgIpc) is 2.72. The van der Waals surface area contributed by atoms with Crippen LogP contribution in [0.25, 0.3) is 22.2 Å². The molecular formula is C14H9BrClN. The maximum Gasteiger partial charge on any atom is 0.0476 e. The zero-order chi connectivity index (χ0) is 11.8. The van der Waals surface area contributed by atoms with Crippen LogP contribution in [0.5, 0.6) is 0 Å². The second-order valence-electron chi connectivity index (χ2n) is 3.89. The lowest BCUT2D eigenvalue weighted by Gasteiger charge is -2.00. The molecule has 0 amide bonds. The topological polar surface area (TPSA) is 15.8 Å². The fourth-order valence-corrected chi connectivity index (χ4v) is 2.59. The Morgan fingerprint density at radius 2 is 1.82 bits per heavy atom. The smallest absolute Gasteiger partial charge is 0.0476 e. The molecule has 0 aliphatic carbocycles. The summed E-state index contributed by atoms with van der Waals surface area (Å²) >= 11 is 9.53. The van der Waals surface area contributed by atoms with Gasteiger partial charge in [0, 0.05) is 31.7 Å². The number of nitrogens with one attached hydrogen (secondary N) is 1. The van der Waals surface area contributed by atoms with Gasteiger partial charge in [0.1, 0.15) is 0 Å². The molecule has 0 radical (unpaired) electrons. The molecule has 1 N–H and O–H groups in total. The minimum absolute atomic E-state index is 0.748. The van der Waals surface area contributed by atoms with E-state index in [0.29, 0.717) is 0 Å². The fourth-order valence-electron chi connectivity index (χ4n) is 1.92. The van der Waals surface area contributed by atoms with Crippen molar-refractivity contribution >= 4 is 38.4 Å². The van der Waals surface area contributed by atoms with Crippen molar-refractivity contribution in [1.82, 2.24) is 4.98 Å². The van der Waals surface area contributed by atoms with Gasteiger partial charge in [0.2, 0.25) is 0 Å². The van der Waals surface area contributed by atoms with E-state index in [1.807, 2.05) is 36.4 Å². The number of benzene rings is 2. The molecule has 0 spiro atoms. The normalized spacial score (nSPS) is 10.9. The average molecular weight is 307 g/mol. The molecule has 0 saturated carbocycles. The van der Waals surface area contributed by atoms with E-state index in [-0.39, 0.29) is 0 Å². The maximum absolute atomic E-state index is 5.98. The molecule has 0 unspecified atom stereocenters. The summed E-state index contributed by atoms with van der Waals surface area (Å²) in [5.41, 5.74) is 3.30. The maximum atomic E-state index is 5.98. The Balaban J connectivity index is 2.22. The van der Waals surface area contributed by atoms with E-state index in [9.17, 15) is 0 Å². The molecule has 3 heteroatoms. The highest BCUT2D eigenvalue weighted by Gasteiger charge is 2.06. The van der Waals surface area contributed by atoms with Crippen LogP contribution in [0.3, 0.4) is 0 Å². The molecule has 17 heavy (non-hydrogen) atoms. The number of aromatic amines is 1. The lowest BCUT2D eigenvalue weighted by molar-refractivity contribution is 1.44. The van der Waals surface area contributed by atoms with E-state index in [4.69, 9.17) is 11.6 Å². The van der Waals surface area contributed by atoms with Gasteiger partial charge in [-0.3, -0.25) is 0 Å². The minimum Gasteiger partial charge on any atom is -0.354 e. The van der Waals surface area contributed by atoms with Crippen LogP contribution in [0, 0.1) is 0 Å². The second-order valence-corrected chi connectivity index (χ2v) is 5.19. The largest absolute Gasteiger partial charge is 0.354 e. The molecule has 0 atom stereocenters. The Morgan fingerprint density at radius 3 is 2.65 bits per heavy atom. The predicted molar refractivity (Wildman–Crippen MR) is 76.4 cm³/mol. The zero-order valence-electron chi connectivity index (χ0n) is 8.87. The number of fused-ring (bicyclic) bond motifs is 1. The zero-order valence-corrected chi connectivity index (χ0v) is 11.2. The molecule has 0 fully saturated rings. The van der Waals surface area contributed by atoms with Crippen molar-refractivity contribution in [2.75, 3.05) is 0 Å². The molecular weight excluding hydrogens is 298 g/mol. The van der Waals surface area contributed by atoms with Gasteiger partial charge >= 0.3 is 0 Å². The van der Waals surface area contributed by atoms with Crippen LogP contribution >= 0.6 is 27.5 Å². The van der Waals surface area contributed by atoms with E-state index in [1.54, 1.807) is 0 Å². The van der Waals surface area contributed by atoms with Crippen LogP contribution in [0.1, 0.15) is 0 Å². The van der Waals surface area contributed by atoms with Gasteiger partial charge in [-0.05, 0) is 24.3 Å². The number of hydrogen-bond donors (Lipinski definition) is 1. The van der Waals surface area contributed by atoms with E-state index in [0.717, 1.165) is 26.3 Å². The summed E-state index contributed by atoms with van der Waals surface area (Å²) < 4.78 is 1.08. The Hall–Kier alpha value is -1.25. The van der Waals surface area contributed by atoms with Crippen molar-refractivity contribution in [3.8, 4) is 11.3 Å². The standard InChI is InChI=1S/C14H9BrClN/c15-12-4-2-1-3-11(12)14-7-9-5-6-10(16)8-13(9)17-14/h1-8,17H. The van der Waals surface area contributed by atoms with Crippen molar-refractivity contribution in [3.05, 3.63) is 58.0 Å². The Labute approximate surface area is 113 Å². The van der Waals surface area contributed by atoms with Crippen LogP contribution in [0.4, 0.5) is 0 Å². The van der Waals surface area contributed by atoms with Gasteiger partial charge in [-0.2, -0.15) is 0 Å². The van der Waals surface area contributed by atoms with Crippen LogP contribution in [-0.2, 0) is 0 Å². The van der Waals surface area contributed by atoms with Gasteiger partial charge in [-0.25, -0.2) is 0 Å². The Morgan fingerprint density at radius 1 is 1.00 bits per heavy atom. The molecule has 0 saturated heterocycles. The third-order valence-electron chi connectivity index (χ3n) is 2.75. The SMILES string of the molecule is Clc1ccc2cc(-c3ccccc3Br)[nH]c2c1.